The lowest BCUT2D eigenvalue weighted by atomic mass is 9.99. The van der Waals surface area contributed by atoms with E-state index >= 15 is 0 Å². The van der Waals surface area contributed by atoms with Crippen LogP contribution < -0.4 is 5.32 Å². The van der Waals surface area contributed by atoms with Crippen molar-refractivity contribution in [3.8, 4) is 0 Å². The third-order valence-electron chi connectivity index (χ3n) is 14.2. The van der Waals surface area contributed by atoms with Crippen LogP contribution in [0.1, 0.15) is 284 Å². The first-order chi connectivity index (χ1) is 33.8. The zero-order valence-corrected chi connectivity index (χ0v) is 45.1. The summed E-state index contributed by atoms with van der Waals surface area (Å²) in [6.07, 6.45) is 57.6. The second-order valence-electron chi connectivity index (χ2n) is 20.8. The molecular formula is C60H113NO8. The van der Waals surface area contributed by atoms with Crippen LogP contribution >= 0.6 is 0 Å². The zero-order valence-electron chi connectivity index (χ0n) is 45.1. The van der Waals surface area contributed by atoms with Gasteiger partial charge in [0.05, 0.1) is 25.4 Å². The standard InChI is InChI=1S/C60H113NO8/c1-3-5-7-9-11-13-15-17-18-19-20-21-22-23-24-25-26-27-28-29-30-31-32-33-34-35-36-38-40-42-44-46-48-50-56(64)61-53(52-68-60-59(67)58(66)57(65)55(51-62)69-60)54(63)49-47-45-43-41-39-37-16-14-12-10-8-6-4-2/h15,17,19-20,22-23,53-55,57-60,62-63,65-67H,3-14,16,18,21,24-52H2,1-2H3,(H,61,64)/b17-15-,20-19-,23-22-. The second-order valence-corrected chi connectivity index (χ2v) is 20.8. The summed E-state index contributed by atoms with van der Waals surface area (Å²) in [6, 6.07) is -0.717. The number of carbonyl (C=O) groups is 1. The van der Waals surface area contributed by atoms with Gasteiger partial charge in [0, 0.05) is 6.42 Å². The van der Waals surface area contributed by atoms with Crippen molar-refractivity contribution < 1.29 is 39.8 Å². The van der Waals surface area contributed by atoms with Gasteiger partial charge in [-0.25, -0.2) is 0 Å². The molecule has 0 aromatic heterocycles. The Morgan fingerprint density at radius 3 is 1.26 bits per heavy atom. The number of ether oxygens (including phenoxy) is 2. The van der Waals surface area contributed by atoms with Gasteiger partial charge in [-0.05, 0) is 51.4 Å². The normalized spacial score (nSPS) is 19.7. The van der Waals surface area contributed by atoms with Crippen molar-refractivity contribution in [3.05, 3.63) is 36.5 Å². The SMILES string of the molecule is CCCCCCC/C=C\C/C=C\C/C=C\CCCCCCCCCCCCCCCCCCCCC(=O)NC(COC1OC(CO)C(O)C(O)C1O)C(O)CCCCCCCCCCCCCCC. The number of unbranched alkanes of at least 4 members (excludes halogenated alkanes) is 35. The van der Waals surface area contributed by atoms with Gasteiger partial charge < -0.3 is 40.3 Å². The molecule has 69 heavy (non-hydrogen) atoms. The predicted octanol–water partition coefficient (Wildman–Crippen LogP) is 14.7. The fraction of sp³-hybridized carbons (Fsp3) is 0.883. The molecule has 0 aromatic rings. The molecule has 0 aromatic carbocycles. The molecule has 0 aliphatic carbocycles. The maximum Gasteiger partial charge on any atom is 0.220 e. The average Bonchev–Trinajstić information content (AvgIpc) is 3.35. The monoisotopic (exact) mass is 976 g/mol. The van der Waals surface area contributed by atoms with Crippen LogP contribution in [0.4, 0.5) is 0 Å². The Hall–Kier alpha value is -1.59. The Morgan fingerprint density at radius 1 is 0.493 bits per heavy atom. The number of rotatable bonds is 51. The summed E-state index contributed by atoms with van der Waals surface area (Å²) in [7, 11) is 0. The van der Waals surface area contributed by atoms with E-state index in [0.717, 1.165) is 51.4 Å². The molecule has 6 N–H and O–H groups in total. The van der Waals surface area contributed by atoms with Gasteiger partial charge in [0.15, 0.2) is 6.29 Å². The Balaban J connectivity index is 2.10. The molecule has 9 nitrogen and oxygen atoms in total. The number of hydrogen-bond donors (Lipinski definition) is 6. The molecule has 7 atom stereocenters. The van der Waals surface area contributed by atoms with E-state index in [9.17, 15) is 30.3 Å². The highest BCUT2D eigenvalue weighted by atomic mass is 16.7. The van der Waals surface area contributed by atoms with E-state index in [2.05, 4.69) is 55.6 Å². The predicted molar refractivity (Wildman–Crippen MR) is 290 cm³/mol. The third kappa shape index (κ3) is 39.6. The molecule has 0 bridgehead atoms. The summed E-state index contributed by atoms with van der Waals surface area (Å²) in [5.41, 5.74) is 0. The van der Waals surface area contributed by atoms with E-state index in [1.165, 1.54) is 205 Å². The Labute approximate surface area is 425 Å². The Morgan fingerprint density at radius 2 is 0.855 bits per heavy atom. The molecule has 0 saturated carbocycles. The molecule has 406 valence electrons. The topological polar surface area (TPSA) is 149 Å². The molecule has 7 unspecified atom stereocenters. The molecule has 1 aliphatic heterocycles. The number of nitrogens with one attached hydrogen (secondary N) is 1. The second kappa shape index (κ2) is 50.0. The van der Waals surface area contributed by atoms with Crippen LogP contribution in [0.25, 0.3) is 0 Å². The van der Waals surface area contributed by atoms with Crippen molar-refractivity contribution in [2.75, 3.05) is 13.2 Å². The summed E-state index contributed by atoms with van der Waals surface area (Å²) >= 11 is 0. The molecule has 1 aliphatic rings. The van der Waals surface area contributed by atoms with Crippen molar-refractivity contribution in [2.24, 2.45) is 0 Å². The number of amides is 1. The van der Waals surface area contributed by atoms with Crippen LogP contribution in [0, 0.1) is 0 Å². The highest BCUT2D eigenvalue weighted by Crippen LogP contribution is 2.23. The zero-order chi connectivity index (χ0) is 50.1. The minimum Gasteiger partial charge on any atom is -0.394 e. The van der Waals surface area contributed by atoms with Gasteiger partial charge in [0.2, 0.25) is 5.91 Å². The summed E-state index contributed by atoms with van der Waals surface area (Å²) in [5.74, 6) is -0.141. The molecule has 0 radical (unpaired) electrons. The molecule has 1 saturated heterocycles. The van der Waals surface area contributed by atoms with Gasteiger partial charge in [-0.2, -0.15) is 0 Å². The first-order valence-corrected chi connectivity index (χ1v) is 29.7. The maximum atomic E-state index is 13.1. The van der Waals surface area contributed by atoms with Gasteiger partial charge in [-0.3, -0.25) is 4.79 Å². The van der Waals surface area contributed by atoms with Gasteiger partial charge in [0.1, 0.15) is 24.4 Å². The van der Waals surface area contributed by atoms with E-state index < -0.39 is 49.5 Å². The van der Waals surface area contributed by atoms with Crippen LogP contribution in [0.2, 0.25) is 0 Å². The van der Waals surface area contributed by atoms with E-state index in [0.29, 0.717) is 12.8 Å². The Kier molecular flexibility index (Phi) is 47.4. The molecule has 1 heterocycles. The fourth-order valence-corrected chi connectivity index (χ4v) is 9.52. The number of aliphatic hydroxyl groups is 5. The minimum atomic E-state index is -1.55. The lowest BCUT2D eigenvalue weighted by molar-refractivity contribution is -0.302. The highest BCUT2D eigenvalue weighted by molar-refractivity contribution is 5.76. The van der Waals surface area contributed by atoms with E-state index in [-0.39, 0.29) is 12.5 Å². The minimum absolute atomic E-state index is 0.135. The third-order valence-corrected chi connectivity index (χ3v) is 14.2. The van der Waals surface area contributed by atoms with Crippen LogP contribution in [0.5, 0.6) is 0 Å². The van der Waals surface area contributed by atoms with Crippen LogP contribution in [0.3, 0.4) is 0 Å². The average molecular weight is 977 g/mol. The number of carbonyl (C=O) groups excluding carboxylic acids is 1. The molecule has 1 fully saturated rings. The van der Waals surface area contributed by atoms with Crippen molar-refractivity contribution in [1.29, 1.82) is 0 Å². The molecule has 1 rings (SSSR count). The van der Waals surface area contributed by atoms with Crippen molar-refractivity contribution in [2.45, 2.75) is 326 Å². The number of hydrogen-bond acceptors (Lipinski definition) is 8. The summed E-state index contributed by atoms with van der Waals surface area (Å²) < 4.78 is 11.3. The van der Waals surface area contributed by atoms with Gasteiger partial charge in [0.25, 0.3) is 0 Å². The van der Waals surface area contributed by atoms with E-state index in [4.69, 9.17) is 9.47 Å². The van der Waals surface area contributed by atoms with E-state index in [1.807, 2.05) is 0 Å². The maximum absolute atomic E-state index is 13.1. The first-order valence-electron chi connectivity index (χ1n) is 29.7. The number of aliphatic hydroxyl groups excluding tert-OH is 5. The number of allylic oxidation sites excluding steroid dienone is 6. The quantitative estimate of drug-likeness (QED) is 0.0261. The van der Waals surface area contributed by atoms with Gasteiger partial charge in [-0.15, -0.1) is 0 Å². The molecule has 9 heteroatoms. The fourth-order valence-electron chi connectivity index (χ4n) is 9.52. The largest absolute Gasteiger partial charge is 0.394 e. The lowest BCUT2D eigenvalue weighted by Gasteiger charge is -2.40. The molecular weight excluding hydrogens is 863 g/mol. The van der Waals surface area contributed by atoms with Crippen molar-refractivity contribution in [1.82, 2.24) is 5.32 Å². The summed E-state index contributed by atoms with van der Waals surface area (Å²) in [6.45, 7) is 3.84. The van der Waals surface area contributed by atoms with Gasteiger partial charge >= 0.3 is 0 Å². The van der Waals surface area contributed by atoms with E-state index in [1.54, 1.807) is 0 Å². The van der Waals surface area contributed by atoms with Crippen molar-refractivity contribution >= 4 is 5.91 Å². The Bertz CT molecular complexity index is 1180. The van der Waals surface area contributed by atoms with Crippen LogP contribution in [-0.2, 0) is 14.3 Å². The summed E-state index contributed by atoms with van der Waals surface area (Å²) in [4.78, 5) is 13.1. The highest BCUT2D eigenvalue weighted by Gasteiger charge is 2.44. The molecule has 0 spiro atoms. The summed E-state index contributed by atoms with van der Waals surface area (Å²) in [5, 5.41) is 54.6. The lowest BCUT2D eigenvalue weighted by Crippen LogP contribution is -2.60. The van der Waals surface area contributed by atoms with Crippen LogP contribution in [-0.4, -0.2) is 87.5 Å². The molecule has 1 amide bonds. The van der Waals surface area contributed by atoms with Crippen molar-refractivity contribution in [3.63, 3.8) is 0 Å². The first kappa shape index (κ1) is 65.4. The smallest absolute Gasteiger partial charge is 0.220 e. The van der Waals surface area contributed by atoms with Crippen LogP contribution in [0.15, 0.2) is 36.5 Å². The van der Waals surface area contributed by atoms with Gasteiger partial charge in [-0.1, -0.05) is 262 Å².